The predicted octanol–water partition coefficient (Wildman–Crippen LogP) is 4.49. The van der Waals surface area contributed by atoms with Crippen molar-refractivity contribution >= 4 is 17.4 Å². The van der Waals surface area contributed by atoms with Gasteiger partial charge in [-0.1, -0.05) is 24.3 Å². The minimum absolute atomic E-state index is 0.237. The van der Waals surface area contributed by atoms with Crippen LogP contribution in [0, 0.1) is 0 Å². The molecule has 7 heteroatoms. The van der Waals surface area contributed by atoms with Crippen LogP contribution in [0.15, 0.2) is 30.5 Å². The zero-order chi connectivity index (χ0) is 21.4. The van der Waals surface area contributed by atoms with Crippen molar-refractivity contribution in [2.24, 2.45) is 0 Å². The van der Waals surface area contributed by atoms with E-state index in [0.29, 0.717) is 0 Å². The number of benzene rings is 1. The Labute approximate surface area is 183 Å². The first kappa shape index (κ1) is 22.7. The smallest absolute Gasteiger partial charge is 0.407 e. The summed E-state index contributed by atoms with van der Waals surface area (Å²) >= 11 is 1.56. The number of ether oxygens (including phenoxy) is 2. The summed E-state index contributed by atoms with van der Waals surface area (Å²) in [5.41, 5.74) is 2.15. The summed E-state index contributed by atoms with van der Waals surface area (Å²) in [6, 6.07) is 8.65. The van der Waals surface area contributed by atoms with Crippen LogP contribution in [-0.2, 0) is 22.5 Å². The van der Waals surface area contributed by atoms with Crippen molar-refractivity contribution in [3.8, 4) is 10.6 Å². The number of morpholine rings is 1. The van der Waals surface area contributed by atoms with Gasteiger partial charge in [-0.3, -0.25) is 4.90 Å². The number of amides is 1. The largest absolute Gasteiger partial charge is 0.444 e. The van der Waals surface area contributed by atoms with Gasteiger partial charge in [-0.25, -0.2) is 9.78 Å². The van der Waals surface area contributed by atoms with Gasteiger partial charge in [-0.2, -0.15) is 0 Å². The molecule has 1 amide bonds. The van der Waals surface area contributed by atoms with Crippen molar-refractivity contribution in [1.82, 2.24) is 15.2 Å². The first-order valence-electron chi connectivity index (χ1n) is 10.7. The van der Waals surface area contributed by atoms with E-state index in [0.717, 1.165) is 48.2 Å². The number of carbonyl (C=O) groups is 1. The van der Waals surface area contributed by atoms with Crippen LogP contribution in [-0.4, -0.2) is 54.4 Å². The standard InChI is InChI=1S/C23H33N3O3S/c1-23(2,3)25-22(27)29-17-20-16-24-21(30-20)19-9-7-18(8-10-19)6-4-5-11-26-12-14-28-15-13-26/h7-10,16H,4-6,11-15,17H2,1-3H3,(H,25,27). The van der Waals surface area contributed by atoms with Crippen LogP contribution in [0.25, 0.3) is 10.6 Å². The minimum atomic E-state index is -0.407. The van der Waals surface area contributed by atoms with Crippen molar-refractivity contribution in [3.63, 3.8) is 0 Å². The first-order valence-corrected chi connectivity index (χ1v) is 11.5. The van der Waals surface area contributed by atoms with E-state index >= 15 is 0 Å². The van der Waals surface area contributed by atoms with E-state index in [-0.39, 0.29) is 12.1 Å². The highest BCUT2D eigenvalue weighted by Crippen LogP contribution is 2.26. The third-order valence-electron chi connectivity index (χ3n) is 4.87. The molecule has 30 heavy (non-hydrogen) atoms. The Hall–Kier alpha value is -1.96. The van der Waals surface area contributed by atoms with Gasteiger partial charge in [-0.05, 0) is 52.1 Å². The molecule has 2 aromatic rings. The van der Waals surface area contributed by atoms with Gasteiger partial charge in [0.25, 0.3) is 0 Å². The fraction of sp³-hybridized carbons (Fsp3) is 0.565. The highest BCUT2D eigenvalue weighted by atomic mass is 32.1. The summed E-state index contributed by atoms with van der Waals surface area (Å²) in [6.07, 6.45) is 4.90. The van der Waals surface area contributed by atoms with Crippen molar-refractivity contribution in [2.45, 2.75) is 52.2 Å². The lowest BCUT2D eigenvalue weighted by Gasteiger charge is -2.26. The second-order valence-electron chi connectivity index (χ2n) is 8.69. The molecule has 1 aliphatic rings. The monoisotopic (exact) mass is 431 g/mol. The topological polar surface area (TPSA) is 63.7 Å². The number of aromatic nitrogens is 1. The van der Waals surface area contributed by atoms with Crippen molar-refractivity contribution in [1.29, 1.82) is 0 Å². The fourth-order valence-electron chi connectivity index (χ4n) is 3.29. The van der Waals surface area contributed by atoms with Crippen molar-refractivity contribution < 1.29 is 14.3 Å². The van der Waals surface area contributed by atoms with E-state index in [1.807, 2.05) is 20.8 Å². The third-order valence-corrected chi connectivity index (χ3v) is 5.89. The third kappa shape index (κ3) is 7.70. The molecule has 3 rings (SSSR count). The molecule has 0 bridgehead atoms. The maximum atomic E-state index is 11.8. The molecule has 1 saturated heterocycles. The number of nitrogens with zero attached hydrogens (tertiary/aromatic N) is 2. The number of hydrogen-bond donors (Lipinski definition) is 1. The average Bonchev–Trinajstić information content (AvgIpc) is 3.19. The Morgan fingerprint density at radius 2 is 1.93 bits per heavy atom. The van der Waals surface area contributed by atoms with Gasteiger partial charge in [0.05, 0.1) is 18.1 Å². The van der Waals surface area contributed by atoms with Gasteiger partial charge in [0.15, 0.2) is 0 Å². The molecule has 1 aromatic heterocycles. The number of hydrogen-bond acceptors (Lipinski definition) is 6. The number of thiazole rings is 1. The number of rotatable bonds is 8. The molecule has 6 nitrogen and oxygen atoms in total. The first-order chi connectivity index (χ1) is 14.4. The number of nitrogens with one attached hydrogen (secondary N) is 1. The quantitative estimate of drug-likeness (QED) is 0.624. The molecule has 0 radical (unpaired) electrons. The molecule has 0 unspecified atom stereocenters. The van der Waals surface area contributed by atoms with E-state index in [9.17, 15) is 4.79 Å². The summed E-state index contributed by atoms with van der Waals surface area (Å²) in [6.45, 7) is 11.0. The van der Waals surface area contributed by atoms with Gasteiger partial charge in [0, 0.05) is 30.4 Å². The summed E-state index contributed by atoms with van der Waals surface area (Å²) in [7, 11) is 0. The molecule has 0 atom stereocenters. The normalized spacial score (nSPS) is 15.2. The van der Waals surface area contributed by atoms with Gasteiger partial charge < -0.3 is 14.8 Å². The van der Waals surface area contributed by atoms with Crippen LogP contribution in [0.4, 0.5) is 4.79 Å². The predicted molar refractivity (Wildman–Crippen MR) is 121 cm³/mol. The number of carbonyl (C=O) groups excluding carboxylic acids is 1. The van der Waals surface area contributed by atoms with Gasteiger partial charge in [0.2, 0.25) is 0 Å². The number of unbranched alkanes of at least 4 members (excludes halogenated alkanes) is 1. The van der Waals surface area contributed by atoms with Crippen LogP contribution in [0.3, 0.4) is 0 Å². The highest BCUT2D eigenvalue weighted by Gasteiger charge is 2.15. The van der Waals surface area contributed by atoms with E-state index in [4.69, 9.17) is 9.47 Å². The van der Waals surface area contributed by atoms with Gasteiger partial charge >= 0.3 is 6.09 Å². The SMILES string of the molecule is CC(C)(C)NC(=O)OCc1cnc(-c2ccc(CCCCN3CCOCC3)cc2)s1. The molecule has 1 fully saturated rings. The fourth-order valence-corrected chi connectivity index (χ4v) is 4.12. The Morgan fingerprint density at radius 1 is 1.20 bits per heavy atom. The van der Waals surface area contributed by atoms with Crippen LogP contribution in [0.2, 0.25) is 0 Å². The molecular formula is C23H33N3O3S. The zero-order valence-corrected chi connectivity index (χ0v) is 19.1. The average molecular weight is 432 g/mol. The van der Waals surface area contributed by atoms with Crippen molar-refractivity contribution in [3.05, 3.63) is 40.9 Å². The summed E-state index contributed by atoms with van der Waals surface area (Å²) in [5.74, 6) is 0. The molecule has 0 spiro atoms. The Kier molecular flexibility index (Phi) is 8.24. The maximum absolute atomic E-state index is 11.8. The Morgan fingerprint density at radius 3 is 2.63 bits per heavy atom. The van der Waals surface area contributed by atoms with E-state index in [1.165, 1.54) is 24.9 Å². The highest BCUT2D eigenvalue weighted by molar-refractivity contribution is 7.15. The van der Waals surface area contributed by atoms with Crippen LogP contribution < -0.4 is 5.32 Å². The molecule has 1 N–H and O–H groups in total. The Balaban J connectivity index is 1.41. The van der Waals surface area contributed by atoms with E-state index < -0.39 is 6.09 Å². The van der Waals surface area contributed by atoms with Crippen LogP contribution in [0.5, 0.6) is 0 Å². The summed E-state index contributed by atoms with van der Waals surface area (Å²) in [4.78, 5) is 19.7. The maximum Gasteiger partial charge on any atom is 0.407 e. The molecule has 0 aliphatic carbocycles. The van der Waals surface area contributed by atoms with E-state index in [2.05, 4.69) is 39.5 Å². The molecular weight excluding hydrogens is 398 g/mol. The number of alkyl carbamates (subject to hydrolysis) is 1. The summed E-state index contributed by atoms with van der Waals surface area (Å²) in [5, 5.41) is 3.74. The van der Waals surface area contributed by atoms with E-state index in [1.54, 1.807) is 17.5 Å². The Bertz CT molecular complexity index is 793. The molecule has 1 aliphatic heterocycles. The molecule has 164 valence electrons. The second kappa shape index (κ2) is 10.9. The summed E-state index contributed by atoms with van der Waals surface area (Å²) < 4.78 is 10.7. The molecule has 0 saturated carbocycles. The molecule has 2 heterocycles. The second-order valence-corrected chi connectivity index (χ2v) is 9.81. The van der Waals surface area contributed by atoms with Crippen molar-refractivity contribution in [2.75, 3.05) is 32.8 Å². The lowest BCUT2D eigenvalue weighted by molar-refractivity contribution is 0.0372. The lowest BCUT2D eigenvalue weighted by Crippen LogP contribution is -2.40. The van der Waals surface area contributed by atoms with Crippen LogP contribution in [0.1, 0.15) is 44.1 Å². The van der Waals surface area contributed by atoms with Gasteiger partial charge in [-0.15, -0.1) is 11.3 Å². The lowest BCUT2D eigenvalue weighted by atomic mass is 10.1. The molecule has 1 aromatic carbocycles. The number of aryl methyl sites for hydroxylation is 1. The van der Waals surface area contributed by atoms with Gasteiger partial charge in [0.1, 0.15) is 11.6 Å². The van der Waals surface area contributed by atoms with Crippen LogP contribution >= 0.6 is 11.3 Å². The zero-order valence-electron chi connectivity index (χ0n) is 18.3. The minimum Gasteiger partial charge on any atom is -0.444 e.